The lowest BCUT2D eigenvalue weighted by Gasteiger charge is -2.10. The number of nitrogens with zero attached hydrogens (tertiary/aromatic N) is 4. The summed E-state index contributed by atoms with van der Waals surface area (Å²) < 4.78 is 35.0. The number of aromatic nitrogens is 4. The molecule has 156 valence electrons. The lowest BCUT2D eigenvalue weighted by molar-refractivity contribution is 0.101. The Labute approximate surface area is 178 Å². The molecule has 2 heterocycles. The maximum atomic E-state index is 12.6. The van der Waals surface area contributed by atoms with E-state index >= 15 is 0 Å². The monoisotopic (exact) mass is 435 g/mol. The highest BCUT2D eigenvalue weighted by Crippen LogP contribution is 2.24. The normalized spacial score (nSPS) is 11.1. The van der Waals surface area contributed by atoms with E-state index in [-0.39, 0.29) is 10.7 Å². The van der Waals surface area contributed by atoms with E-state index in [0.29, 0.717) is 28.7 Å². The van der Waals surface area contributed by atoms with Gasteiger partial charge in [0.25, 0.3) is 10.0 Å². The van der Waals surface area contributed by atoms with Gasteiger partial charge in [-0.2, -0.15) is 5.10 Å². The van der Waals surface area contributed by atoms with Gasteiger partial charge in [-0.15, -0.1) is 0 Å². The number of hydrogen-bond donors (Lipinski definition) is 1. The Hall–Kier alpha value is -4.05. The number of ketones is 1. The van der Waals surface area contributed by atoms with Crippen LogP contribution in [0.3, 0.4) is 0 Å². The zero-order valence-electron chi connectivity index (χ0n) is 16.3. The average molecular weight is 435 g/mol. The van der Waals surface area contributed by atoms with Gasteiger partial charge in [-0.25, -0.2) is 23.1 Å². The minimum absolute atomic E-state index is 0.00710. The van der Waals surface area contributed by atoms with Gasteiger partial charge in [0.2, 0.25) is 5.88 Å². The third-order valence-corrected chi connectivity index (χ3v) is 5.63. The predicted molar refractivity (Wildman–Crippen MR) is 113 cm³/mol. The Morgan fingerprint density at radius 2 is 1.84 bits per heavy atom. The molecule has 0 aliphatic carbocycles. The number of rotatable bonds is 7. The van der Waals surface area contributed by atoms with E-state index in [4.69, 9.17) is 4.74 Å². The van der Waals surface area contributed by atoms with E-state index < -0.39 is 10.0 Å². The SMILES string of the molecule is CC(=O)c1cccc(S(=O)(=O)Nc2ccc(Oc3cc(-n4cccn4)ncn3)cc2)c1. The summed E-state index contributed by atoms with van der Waals surface area (Å²) in [6.45, 7) is 1.38. The summed E-state index contributed by atoms with van der Waals surface area (Å²) in [4.78, 5) is 19.7. The lowest BCUT2D eigenvalue weighted by atomic mass is 10.2. The van der Waals surface area contributed by atoms with Crippen molar-refractivity contribution < 1.29 is 17.9 Å². The summed E-state index contributed by atoms with van der Waals surface area (Å²) in [5.41, 5.74) is 0.673. The van der Waals surface area contributed by atoms with Crippen LogP contribution in [-0.2, 0) is 10.0 Å². The Kier molecular flexibility index (Phi) is 5.46. The number of ether oxygens (including phenoxy) is 1. The van der Waals surface area contributed by atoms with Gasteiger partial charge >= 0.3 is 0 Å². The van der Waals surface area contributed by atoms with Crippen LogP contribution in [0.15, 0.2) is 84.3 Å². The minimum atomic E-state index is -3.85. The Bertz CT molecular complexity index is 1320. The van der Waals surface area contributed by atoms with Crippen LogP contribution < -0.4 is 9.46 Å². The quantitative estimate of drug-likeness (QED) is 0.442. The summed E-state index contributed by atoms with van der Waals surface area (Å²) in [6.07, 6.45) is 4.75. The number of hydrogen-bond acceptors (Lipinski definition) is 7. The van der Waals surface area contributed by atoms with Crippen LogP contribution in [0.25, 0.3) is 5.82 Å². The fraction of sp³-hybridized carbons (Fsp3) is 0.0476. The van der Waals surface area contributed by atoms with Gasteiger partial charge in [-0.3, -0.25) is 9.52 Å². The fourth-order valence-corrected chi connectivity index (χ4v) is 3.83. The van der Waals surface area contributed by atoms with E-state index in [1.165, 1.54) is 31.5 Å². The maximum Gasteiger partial charge on any atom is 0.261 e. The number of sulfonamides is 1. The number of nitrogens with one attached hydrogen (secondary N) is 1. The van der Waals surface area contributed by atoms with Crippen molar-refractivity contribution in [2.75, 3.05) is 4.72 Å². The standard InChI is InChI=1S/C21H17N5O4S/c1-15(27)16-4-2-5-19(12-16)31(28,29)25-17-6-8-18(9-7-17)30-21-13-20(22-14-23-21)26-11-3-10-24-26/h2-14,25H,1H3. The van der Waals surface area contributed by atoms with Gasteiger partial charge in [0.1, 0.15) is 12.1 Å². The number of carbonyl (C=O) groups excluding carboxylic acids is 1. The lowest BCUT2D eigenvalue weighted by Crippen LogP contribution is -2.13. The van der Waals surface area contributed by atoms with Gasteiger partial charge in [0, 0.05) is 29.7 Å². The van der Waals surface area contributed by atoms with Crippen molar-refractivity contribution in [3.05, 3.63) is 84.9 Å². The Morgan fingerprint density at radius 1 is 1.03 bits per heavy atom. The van der Waals surface area contributed by atoms with Crippen LogP contribution in [0.1, 0.15) is 17.3 Å². The van der Waals surface area contributed by atoms with E-state index in [0.717, 1.165) is 0 Å². The first-order chi connectivity index (χ1) is 14.9. The molecule has 0 amide bonds. The molecule has 0 saturated carbocycles. The second-order valence-electron chi connectivity index (χ2n) is 6.48. The van der Waals surface area contributed by atoms with Crippen molar-refractivity contribution in [3.63, 3.8) is 0 Å². The third kappa shape index (κ3) is 4.75. The molecule has 0 unspecified atom stereocenters. The highest BCUT2D eigenvalue weighted by molar-refractivity contribution is 7.92. The van der Waals surface area contributed by atoms with Crippen molar-refractivity contribution >= 4 is 21.5 Å². The van der Waals surface area contributed by atoms with Gasteiger partial charge in [-0.05, 0) is 49.4 Å². The molecule has 2 aromatic carbocycles. The van der Waals surface area contributed by atoms with Crippen LogP contribution in [0.5, 0.6) is 11.6 Å². The first kappa shape index (κ1) is 20.2. The maximum absolute atomic E-state index is 12.6. The third-order valence-electron chi connectivity index (χ3n) is 4.25. The van der Waals surface area contributed by atoms with Gasteiger partial charge in [0.15, 0.2) is 11.6 Å². The molecule has 9 nitrogen and oxygen atoms in total. The summed E-state index contributed by atoms with van der Waals surface area (Å²) in [7, 11) is -3.85. The average Bonchev–Trinajstić information content (AvgIpc) is 3.30. The highest BCUT2D eigenvalue weighted by Gasteiger charge is 2.15. The predicted octanol–water partition coefficient (Wildman–Crippen LogP) is 3.46. The van der Waals surface area contributed by atoms with Crippen LogP contribution >= 0.6 is 0 Å². The van der Waals surface area contributed by atoms with Gasteiger partial charge in [0.05, 0.1) is 4.90 Å². The van der Waals surface area contributed by atoms with Crippen molar-refractivity contribution in [2.45, 2.75) is 11.8 Å². The molecule has 4 rings (SSSR count). The molecule has 0 saturated heterocycles. The Morgan fingerprint density at radius 3 is 2.55 bits per heavy atom. The number of Topliss-reactive ketones (excluding diaryl/α,β-unsaturated/α-hetero) is 1. The molecule has 10 heteroatoms. The second-order valence-corrected chi connectivity index (χ2v) is 8.16. The first-order valence-corrected chi connectivity index (χ1v) is 10.6. The smallest absolute Gasteiger partial charge is 0.261 e. The van der Waals surface area contributed by atoms with Crippen LogP contribution in [0.4, 0.5) is 5.69 Å². The van der Waals surface area contributed by atoms with E-state index in [9.17, 15) is 13.2 Å². The van der Waals surface area contributed by atoms with Crippen molar-refractivity contribution in [3.8, 4) is 17.4 Å². The first-order valence-electron chi connectivity index (χ1n) is 9.14. The largest absolute Gasteiger partial charge is 0.439 e. The molecule has 4 aromatic rings. The number of anilines is 1. The van der Waals surface area contributed by atoms with E-state index in [2.05, 4.69) is 19.8 Å². The van der Waals surface area contributed by atoms with Gasteiger partial charge in [-0.1, -0.05) is 12.1 Å². The Balaban J connectivity index is 1.48. The van der Waals surface area contributed by atoms with Crippen molar-refractivity contribution in [2.24, 2.45) is 0 Å². The second kappa shape index (κ2) is 8.36. The molecule has 0 bridgehead atoms. The zero-order chi connectivity index (χ0) is 21.8. The van der Waals surface area contributed by atoms with Crippen LogP contribution in [0.2, 0.25) is 0 Å². The van der Waals surface area contributed by atoms with E-state index in [1.807, 2.05) is 0 Å². The molecular formula is C21H17N5O4S. The van der Waals surface area contributed by atoms with Crippen molar-refractivity contribution in [1.82, 2.24) is 19.7 Å². The molecule has 0 aliphatic rings. The molecule has 0 spiro atoms. The summed E-state index contributed by atoms with van der Waals surface area (Å²) in [6, 6.07) is 15.6. The van der Waals surface area contributed by atoms with E-state index in [1.54, 1.807) is 59.5 Å². The zero-order valence-corrected chi connectivity index (χ0v) is 17.2. The minimum Gasteiger partial charge on any atom is -0.439 e. The number of carbonyl (C=O) groups is 1. The molecule has 1 N–H and O–H groups in total. The summed E-state index contributed by atoms with van der Waals surface area (Å²) >= 11 is 0. The summed E-state index contributed by atoms with van der Waals surface area (Å²) in [5, 5.41) is 4.11. The molecule has 0 aliphatic heterocycles. The van der Waals surface area contributed by atoms with Crippen LogP contribution in [0, 0.1) is 0 Å². The van der Waals surface area contributed by atoms with Crippen LogP contribution in [-0.4, -0.2) is 33.9 Å². The van der Waals surface area contributed by atoms with Gasteiger partial charge < -0.3 is 4.74 Å². The number of benzene rings is 2. The van der Waals surface area contributed by atoms with Crippen molar-refractivity contribution in [1.29, 1.82) is 0 Å². The molecule has 0 fully saturated rings. The highest BCUT2D eigenvalue weighted by atomic mass is 32.2. The summed E-state index contributed by atoms with van der Waals surface area (Å²) in [5.74, 6) is 1.12. The fourth-order valence-electron chi connectivity index (χ4n) is 2.72. The molecule has 2 aromatic heterocycles. The topological polar surface area (TPSA) is 116 Å². The molecule has 31 heavy (non-hydrogen) atoms. The molecule has 0 radical (unpaired) electrons. The molecular weight excluding hydrogens is 418 g/mol. The molecule has 0 atom stereocenters.